The SMILES string of the molecule is COc1ccc(Oc2ccc(C#N)c(C)c2)c(C(=O)O)c1. The number of aromatic carboxylic acids is 1. The fourth-order valence-corrected chi connectivity index (χ4v) is 1.84. The number of nitriles is 1. The number of carbonyl (C=O) groups is 1. The number of carboxylic acids is 1. The van der Waals surface area contributed by atoms with Crippen molar-refractivity contribution in [1.29, 1.82) is 5.26 Å². The summed E-state index contributed by atoms with van der Waals surface area (Å²) in [6.07, 6.45) is 0. The van der Waals surface area contributed by atoms with Crippen LogP contribution >= 0.6 is 0 Å². The minimum atomic E-state index is -1.10. The Morgan fingerprint density at radius 2 is 1.90 bits per heavy atom. The van der Waals surface area contributed by atoms with Gasteiger partial charge in [-0.25, -0.2) is 4.79 Å². The molecule has 0 aliphatic rings. The first kappa shape index (κ1) is 14.4. The number of carboxylic acid groups (broad SMARTS) is 1. The third kappa shape index (κ3) is 3.12. The molecule has 1 N–H and O–H groups in total. The molecule has 5 nitrogen and oxygen atoms in total. The van der Waals surface area contributed by atoms with Gasteiger partial charge in [0.1, 0.15) is 22.8 Å². The summed E-state index contributed by atoms with van der Waals surface area (Å²) in [5, 5.41) is 18.1. The summed E-state index contributed by atoms with van der Waals surface area (Å²) in [5.74, 6) is 0.0246. The fraction of sp³-hybridized carbons (Fsp3) is 0.125. The molecule has 0 atom stereocenters. The number of methoxy groups -OCH3 is 1. The van der Waals surface area contributed by atoms with E-state index in [1.165, 1.54) is 19.2 Å². The fourth-order valence-electron chi connectivity index (χ4n) is 1.84. The minimum Gasteiger partial charge on any atom is -0.497 e. The maximum absolute atomic E-state index is 11.3. The Kier molecular flexibility index (Phi) is 4.10. The van der Waals surface area contributed by atoms with Crippen molar-refractivity contribution in [2.75, 3.05) is 7.11 Å². The lowest BCUT2D eigenvalue weighted by Crippen LogP contribution is -2.01. The molecular formula is C16H13NO4. The molecule has 2 aromatic carbocycles. The zero-order valence-electron chi connectivity index (χ0n) is 11.6. The normalized spacial score (nSPS) is 9.76. The number of ether oxygens (including phenoxy) is 2. The molecule has 0 radical (unpaired) electrons. The molecule has 0 fully saturated rings. The Labute approximate surface area is 122 Å². The van der Waals surface area contributed by atoms with Gasteiger partial charge in [0, 0.05) is 0 Å². The molecule has 21 heavy (non-hydrogen) atoms. The van der Waals surface area contributed by atoms with E-state index in [1.54, 1.807) is 31.2 Å². The molecular weight excluding hydrogens is 270 g/mol. The molecule has 0 spiro atoms. The average molecular weight is 283 g/mol. The Morgan fingerprint density at radius 3 is 2.48 bits per heavy atom. The van der Waals surface area contributed by atoms with Gasteiger partial charge in [-0.15, -0.1) is 0 Å². The van der Waals surface area contributed by atoms with E-state index in [9.17, 15) is 9.90 Å². The van der Waals surface area contributed by atoms with Crippen LogP contribution in [0.1, 0.15) is 21.5 Å². The molecule has 0 aliphatic carbocycles. The first-order valence-electron chi connectivity index (χ1n) is 6.15. The molecule has 2 aromatic rings. The number of hydrogen-bond acceptors (Lipinski definition) is 4. The summed E-state index contributed by atoms with van der Waals surface area (Å²) in [6.45, 7) is 1.79. The van der Waals surface area contributed by atoms with E-state index in [4.69, 9.17) is 14.7 Å². The molecule has 2 rings (SSSR count). The van der Waals surface area contributed by atoms with Crippen LogP contribution in [0.2, 0.25) is 0 Å². The quantitative estimate of drug-likeness (QED) is 0.930. The highest BCUT2D eigenvalue weighted by molar-refractivity contribution is 5.91. The van der Waals surface area contributed by atoms with Crippen LogP contribution in [0.5, 0.6) is 17.2 Å². The topological polar surface area (TPSA) is 79.5 Å². The first-order chi connectivity index (χ1) is 10.0. The van der Waals surface area contributed by atoms with Gasteiger partial charge in [-0.3, -0.25) is 0 Å². The Bertz CT molecular complexity index is 732. The van der Waals surface area contributed by atoms with Gasteiger partial charge in [-0.1, -0.05) is 0 Å². The standard InChI is InChI=1S/C16H13NO4/c1-10-7-13(4-3-11(10)9-17)21-15-6-5-12(20-2)8-14(15)16(18)19/h3-8H,1-2H3,(H,18,19). The van der Waals surface area contributed by atoms with E-state index < -0.39 is 5.97 Å². The van der Waals surface area contributed by atoms with Crippen LogP contribution in [0.25, 0.3) is 0 Å². The summed E-state index contributed by atoms with van der Waals surface area (Å²) in [7, 11) is 1.46. The van der Waals surface area contributed by atoms with Crippen molar-refractivity contribution in [3.63, 3.8) is 0 Å². The Hall–Kier alpha value is -3.00. The molecule has 0 aromatic heterocycles. The van der Waals surface area contributed by atoms with Gasteiger partial charge < -0.3 is 14.6 Å². The second-order valence-corrected chi connectivity index (χ2v) is 4.36. The van der Waals surface area contributed by atoms with Crippen LogP contribution in [-0.4, -0.2) is 18.2 Å². The molecule has 0 aliphatic heterocycles. The summed E-state index contributed by atoms with van der Waals surface area (Å²) in [5.41, 5.74) is 1.33. The number of hydrogen-bond donors (Lipinski definition) is 1. The van der Waals surface area contributed by atoms with Crippen molar-refractivity contribution < 1.29 is 19.4 Å². The van der Waals surface area contributed by atoms with Crippen molar-refractivity contribution in [3.8, 4) is 23.3 Å². The van der Waals surface area contributed by atoms with Gasteiger partial charge in [-0.05, 0) is 48.9 Å². The van der Waals surface area contributed by atoms with Crippen LogP contribution in [0.3, 0.4) is 0 Å². The van der Waals surface area contributed by atoms with Crippen LogP contribution < -0.4 is 9.47 Å². The number of aryl methyl sites for hydroxylation is 1. The van der Waals surface area contributed by atoms with Gasteiger partial charge in [0.05, 0.1) is 18.7 Å². The predicted molar refractivity (Wildman–Crippen MR) is 75.9 cm³/mol. The molecule has 0 bridgehead atoms. The molecule has 0 saturated carbocycles. The van der Waals surface area contributed by atoms with E-state index in [1.807, 2.05) is 0 Å². The Balaban J connectivity index is 2.37. The lowest BCUT2D eigenvalue weighted by atomic mass is 10.1. The van der Waals surface area contributed by atoms with E-state index in [2.05, 4.69) is 6.07 Å². The van der Waals surface area contributed by atoms with Crippen molar-refractivity contribution in [1.82, 2.24) is 0 Å². The number of benzene rings is 2. The van der Waals surface area contributed by atoms with Crippen LogP contribution in [0, 0.1) is 18.3 Å². The van der Waals surface area contributed by atoms with E-state index in [0.717, 1.165) is 5.56 Å². The maximum Gasteiger partial charge on any atom is 0.339 e. The predicted octanol–water partition coefficient (Wildman–Crippen LogP) is 3.37. The molecule has 0 unspecified atom stereocenters. The van der Waals surface area contributed by atoms with Crippen LogP contribution in [-0.2, 0) is 0 Å². The van der Waals surface area contributed by atoms with Gasteiger partial charge in [0.25, 0.3) is 0 Å². The summed E-state index contributed by atoms with van der Waals surface area (Å²) in [6, 6.07) is 11.6. The van der Waals surface area contributed by atoms with Crippen molar-refractivity contribution in [2.24, 2.45) is 0 Å². The second kappa shape index (κ2) is 5.97. The largest absolute Gasteiger partial charge is 0.497 e. The molecule has 0 heterocycles. The van der Waals surface area contributed by atoms with Crippen LogP contribution in [0.4, 0.5) is 0 Å². The Morgan fingerprint density at radius 1 is 1.19 bits per heavy atom. The lowest BCUT2D eigenvalue weighted by molar-refractivity contribution is 0.0693. The molecule has 106 valence electrons. The number of rotatable bonds is 4. The smallest absolute Gasteiger partial charge is 0.339 e. The summed E-state index contributed by atoms with van der Waals surface area (Å²) < 4.78 is 10.6. The average Bonchev–Trinajstić information content (AvgIpc) is 2.47. The molecule has 0 amide bonds. The molecule has 0 saturated heterocycles. The van der Waals surface area contributed by atoms with Gasteiger partial charge in [-0.2, -0.15) is 5.26 Å². The van der Waals surface area contributed by atoms with E-state index in [-0.39, 0.29) is 11.3 Å². The molecule has 5 heteroatoms. The van der Waals surface area contributed by atoms with E-state index in [0.29, 0.717) is 17.1 Å². The minimum absolute atomic E-state index is 0.0105. The van der Waals surface area contributed by atoms with Crippen molar-refractivity contribution >= 4 is 5.97 Å². The van der Waals surface area contributed by atoms with Crippen molar-refractivity contribution in [3.05, 3.63) is 53.1 Å². The van der Waals surface area contributed by atoms with Gasteiger partial charge in [0.2, 0.25) is 0 Å². The highest BCUT2D eigenvalue weighted by atomic mass is 16.5. The maximum atomic E-state index is 11.3. The van der Waals surface area contributed by atoms with Gasteiger partial charge >= 0.3 is 5.97 Å². The zero-order chi connectivity index (χ0) is 15.4. The second-order valence-electron chi connectivity index (χ2n) is 4.36. The summed E-state index contributed by atoms with van der Waals surface area (Å²) in [4.78, 5) is 11.3. The van der Waals surface area contributed by atoms with Crippen LogP contribution in [0.15, 0.2) is 36.4 Å². The number of nitrogens with zero attached hydrogens (tertiary/aromatic N) is 1. The third-order valence-corrected chi connectivity index (χ3v) is 2.96. The van der Waals surface area contributed by atoms with Gasteiger partial charge in [0.15, 0.2) is 0 Å². The lowest BCUT2D eigenvalue weighted by Gasteiger charge is -2.11. The first-order valence-corrected chi connectivity index (χ1v) is 6.15. The summed E-state index contributed by atoms with van der Waals surface area (Å²) >= 11 is 0. The highest BCUT2D eigenvalue weighted by Gasteiger charge is 2.14. The highest BCUT2D eigenvalue weighted by Crippen LogP contribution is 2.29. The van der Waals surface area contributed by atoms with Crippen molar-refractivity contribution in [2.45, 2.75) is 6.92 Å². The third-order valence-electron chi connectivity index (χ3n) is 2.96. The zero-order valence-corrected chi connectivity index (χ0v) is 11.6. The monoisotopic (exact) mass is 283 g/mol. The van der Waals surface area contributed by atoms with E-state index >= 15 is 0 Å².